The summed E-state index contributed by atoms with van der Waals surface area (Å²) < 4.78 is 1.56. The Morgan fingerprint density at radius 2 is 2.27 bits per heavy atom. The van der Waals surface area contributed by atoms with Gasteiger partial charge in [-0.25, -0.2) is 0 Å². The van der Waals surface area contributed by atoms with E-state index in [4.69, 9.17) is 23.2 Å². The zero-order valence-electron chi connectivity index (χ0n) is 7.82. The van der Waals surface area contributed by atoms with Gasteiger partial charge < -0.3 is 5.11 Å². The Bertz CT molecular complexity index is 461. The maximum absolute atomic E-state index is 10.1. The Balaban J connectivity index is 2.40. The molecule has 0 aromatic carbocycles. The molecule has 1 atom stereocenters. The summed E-state index contributed by atoms with van der Waals surface area (Å²) in [4.78, 5) is 0.755. The zero-order valence-corrected chi connectivity index (χ0v) is 10.1. The summed E-state index contributed by atoms with van der Waals surface area (Å²) in [7, 11) is 1.74. The molecule has 1 N–H and O–H groups in total. The molecule has 0 radical (unpaired) electrons. The predicted octanol–water partition coefficient (Wildman–Crippen LogP) is 2.87. The van der Waals surface area contributed by atoms with Crippen LogP contribution in [-0.2, 0) is 7.05 Å². The van der Waals surface area contributed by atoms with Crippen molar-refractivity contribution in [1.29, 1.82) is 0 Å². The minimum Gasteiger partial charge on any atom is -0.381 e. The second-order valence-corrected chi connectivity index (χ2v) is 4.86. The number of halogens is 2. The molecule has 0 aliphatic carbocycles. The minimum absolute atomic E-state index is 0.453. The van der Waals surface area contributed by atoms with E-state index in [2.05, 4.69) is 5.10 Å². The molecule has 2 heterocycles. The first-order valence-corrected chi connectivity index (χ1v) is 5.82. The topological polar surface area (TPSA) is 38.0 Å². The van der Waals surface area contributed by atoms with E-state index in [0.29, 0.717) is 15.7 Å². The van der Waals surface area contributed by atoms with Gasteiger partial charge in [0.1, 0.15) is 6.10 Å². The molecule has 0 saturated carbocycles. The highest BCUT2D eigenvalue weighted by molar-refractivity contribution is 7.10. The first kappa shape index (κ1) is 11.0. The maximum atomic E-state index is 10.1. The summed E-state index contributed by atoms with van der Waals surface area (Å²) in [5.74, 6) is 0. The number of nitrogens with zero attached hydrogens (tertiary/aromatic N) is 2. The van der Waals surface area contributed by atoms with Crippen LogP contribution in [0.1, 0.15) is 16.7 Å². The lowest BCUT2D eigenvalue weighted by Crippen LogP contribution is -2.05. The Kier molecular flexibility index (Phi) is 3.02. The third-order valence-electron chi connectivity index (χ3n) is 2.05. The van der Waals surface area contributed by atoms with Crippen molar-refractivity contribution >= 4 is 34.5 Å². The summed E-state index contributed by atoms with van der Waals surface area (Å²) in [6.45, 7) is 0. The quantitative estimate of drug-likeness (QED) is 0.904. The molecule has 0 aliphatic rings. The molecule has 2 aromatic rings. The van der Waals surface area contributed by atoms with Gasteiger partial charge in [-0.3, -0.25) is 4.68 Å². The smallest absolute Gasteiger partial charge is 0.131 e. The normalized spacial score (nSPS) is 13.1. The number of hydrogen-bond donors (Lipinski definition) is 1. The van der Waals surface area contributed by atoms with Crippen LogP contribution in [0.3, 0.4) is 0 Å². The lowest BCUT2D eigenvalue weighted by Gasteiger charge is -2.09. The van der Waals surface area contributed by atoms with Gasteiger partial charge in [-0.15, -0.1) is 11.3 Å². The number of aliphatic hydroxyl groups excluding tert-OH is 1. The third kappa shape index (κ3) is 2.03. The van der Waals surface area contributed by atoms with Gasteiger partial charge in [-0.2, -0.15) is 5.10 Å². The molecule has 15 heavy (non-hydrogen) atoms. The molecule has 2 rings (SSSR count). The van der Waals surface area contributed by atoms with Gasteiger partial charge in [0, 0.05) is 17.3 Å². The average Bonchev–Trinajstić information content (AvgIpc) is 2.73. The zero-order chi connectivity index (χ0) is 11.0. The Morgan fingerprint density at radius 3 is 2.73 bits per heavy atom. The number of rotatable bonds is 2. The van der Waals surface area contributed by atoms with Gasteiger partial charge in [-0.05, 0) is 6.07 Å². The summed E-state index contributed by atoms with van der Waals surface area (Å²) in [5.41, 5.74) is 0.579. The van der Waals surface area contributed by atoms with E-state index in [9.17, 15) is 5.11 Å². The van der Waals surface area contributed by atoms with Crippen molar-refractivity contribution in [3.8, 4) is 0 Å². The van der Waals surface area contributed by atoms with E-state index >= 15 is 0 Å². The number of aromatic nitrogens is 2. The van der Waals surface area contributed by atoms with E-state index < -0.39 is 6.10 Å². The summed E-state index contributed by atoms with van der Waals surface area (Å²) in [5, 5.41) is 16.9. The van der Waals surface area contributed by atoms with Gasteiger partial charge in [-0.1, -0.05) is 23.2 Å². The molecule has 0 spiro atoms. The second-order valence-electron chi connectivity index (χ2n) is 3.07. The fourth-order valence-electron chi connectivity index (χ4n) is 1.33. The molecular weight excluding hydrogens is 255 g/mol. The summed E-state index contributed by atoms with van der Waals surface area (Å²) in [6, 6.07) is 1.72. The summed E-state index contributed by atoms with van der Waals surface area (Å²) >= 11 is 13.1. The molecule has 2 aromatic heterocycles. The highest BCUT2D eigenvalue weighted by Crippen LogP contribution is 2.32. The fraction of sp³-hybridized carbons (Fsp3) is 0.222. The van der Waals surface area contributed by atoms with Crippen LogP contribution in [0.15, 0.2) is 17.6 Å². The molecule has 0 amide bonds. The molecule has 1 unspecified atom stereocenters. The second kappa shape index (κ2) is 4.14. The van der Waals surface area contributed by atoms with Crippen molar-refractivity contribution in [1.82, 2.24) is 9.78 Å². The van der Waals surface area contributed by atoms with Crippen LogP contribution in [0.5, 0.6) is 0 Å². The van der Waals surface area contributed by atoms with Gasteiger partial charge >= 0.3 is 0 Å². The van der Waals surface area contributed by atoms with Crippen LogP contribution in [0, 0.1) is 0 Å². The Morgan fingerprint density at radius 1 is 1.53 bits per heavy atom. The molecule has 6 heteroatoms. The van der Waals surface area contributed by atoms with E-state index in [0.717, 1.165) is 4.88 Å². The van der Waals surface area contributed by atoms with Crippen molar-refractivity contribution in [2.75, 3.05) is 0 Å². The number of aryl methyl sites for hydroxylation is 1. The van der Waals surface area contributed by atoms with E-state index in [1.54, 1.807) is 23.2 Å². The van der Waals surface area contributed by atoms with Crippen LogP contribution < -0.4 is 0 Å². The molecule has 0 saturated heterocycles. The van der Waals surface area contributed by atoms with Crippen LogP contribution in [0.2, 0.25) is 10.0 Å². The minimum atomic E-state index is -0.775. The molecule has 0 bridgehead atoms. The SMILES string of the molecule is Cn1ncc(Cl)c1C(O)c1cc(Cl)cs1. The van der Waals surface area contributed by atoms with Gasteiger partial charge in [0.15, 0.2) is 0 Å². The van der Waals surface area contributed by atoms with Crippen LogP contribution >= 0.6 is 34.5 Å². The summed E-state index contributed by atoms with van der Waals surface area (Å²) in [6.07, 6.45) is 0.734. The van der Waals surface area contributed by atoms with Gasteiger partial charge in [0.2, 0.25) is 0 Å². The molecular formula is C9H8Cl2N2OS. The van der Waals surface area contributed by atoms with Crippen LogP contribution in [0.4, 0.5) is 0 Å². The van der Waals surface area contributed by atoms with Crippen molar-refractivity contribution in [2.45, 2.75) is 6.10 Å². The van der Waals surface area contributed by atoms with E-state index in [1.807, 2.05) is 0 Å². The lowest BCUT2D eigenvalue weighted by atomic mass is 10.2. The van der Waals surface area contributed by atoms with E-state index in [-0.39, 0.29) is 0 Å². The number of aliphatic hydroxyl groups is 1. The largest absolute Gasteiger partial charge is 0.381 e. The first-order valence-electron chi connectivity index (χ1n) is 4.19. The maximum Gasteiger partial charge on any atom is 0.131 e. The molecule has 0 fully saturated rings. The van der Waals surface area contributed by atoms with Crippen molar-refractivity contribution in [3.05, 3.63) is 38.3 Å². The predicted molar refractivity (Wildman–Crippen MR) is 61.6 cm³/mol. The highest BCUT2D eigenvalue weighted by atomic mass is 35.5. The average molecular weight is 263 g/mol. The van der Waals surface area contributed by atoms with Crippen molar-refractivity contribution in [2.24, 2.45) is 7.05 Å². The Labute approximate surface area is 101 Å². The molecule has 3 nitrogen and oxygen atoms in total. The van der Waals surface area contributed by atoms with Crippen LogP contribution in [-0.4, -0.2) is 14.9 Å². The fourth-order valence-corrected chi connectivity index (χ4v) is 2.67. The van der Waals surface area contributed by atoms with Gasteiger partial charge in [0.05, 0.1) is 21.9 Å². The third-order valence-corrected chi connectivity index (χ3v) is 3.68. The number of thiophene rings is 1. The van der Waals surface area contributed by atoms with E-state index in [1.165, 1.54) is 17.5 Å². The van der Waals surface area contributed by atoms with Crippen LogP contribution in [0.25, 0.3) is 0 Å². The monoisotopic (exact) mass is 262 g/mol. The Hall–Kier alpha value is -0.550. The standard InChI is InChI=1S/C9H8Cl2N2OS/c1-13-8(6(11)3-12-13)9(14)7-2-5(10)4-15-7/h2-4,9,14H,1H3. The lowest BCUT2D eigenvalue weighted by molar-refractivity contribution is 0.213. The van der Waals surface area contributed by atoms with Crippen molar-refractivity contribution in [3.63, 3.8) is 0 Å². The van der Waals surface area contributed by atoms with Gasteiger partial charge in [0.25, 0.3) is 0 Å². The first-order chi connectivity index (χ1) is 7.09. The highest BCUT2D eigenvalue weighted by Gasteiger charge is 2.19. The molecule has 80 valence electrons. The molecule has 0 aliphatic heterocycles. The van der Waals surface area contributed by atoms with Crippen molar-refractivity contribution < 1.29 is 5.11 Å². The number of hydrogen-bond acceptors (Lipinski definition) is 3.